The molecule has 8 nitrogen and oxygen atoms in total. The van der Waals surface area contributed by atoms with Crippen LogP contribution >= 0.6 is 11.6 Å². The summed E-state index contributed by atoms with van der Waals surface area (Å²) in [6, 6.07) is 13.7. The molecule has 3 N–H and O–H groups in total. The summed E-state index contributed by atoms with van der Waals surface area (Å²) in [5.41, 5.74) is 3.06. The lowest BCUT2D eigenvalue weighted by atomic mass is 10.00. The Labute approximate surface area is 170 Å². The molecule has 148 valence electrons. The van der Waals surface area contributed by atoms with E-state index in [4.69, 9.17) is 16.3 Å². The SMILES string of the molecule is COc1ccc(C2CC(c3c(O)n(-c4cccc(Cl)c4)c(=O)[nH]c3=O)=NN2)cc1. The number of ether oxygens (including phenoxy) is 1. The van der Waals surface area contributed by atoms with Crippen LogP contribution in [0.5, 0.6) is 11.6 Å². The molecule has 4 rings (SSSR count). The normalized spacial score (nSPS) is 15.7. The van der Waals surface area contributed by atoms with Crippen molar-refractivity contribution in [3.8, 4) is 17.3 Å². The van der Waals surface area contributed by atoms with E-state index in [9.17, 15) is 14.7 Å². The molecule has 0 amide bonds. The van der Waals surface area contributed by atoms with Crippen molar-refractivity contribution in [3.05, 3.63) is 85.5 Å². The van der Waals surface area contributed by atoms with Gasteiger partial charge in [0.2, 0.25) is 5.88 Å². The Bertz CT molecular complexity index is 1210. The summed E-state index contributed by atoms with van der Waals surface area (Å²) in [6.45, 7) is 0. The number of aromatic amines is 1. The predicted molar refractivity (Wildman–Crippen MR) is 109 cm³/mol. The van der Waals surface area contributed by atoms with Crippen molar-refractivity contribution in [1.29, 1.82) is 0 Å². The molecule has 0 radical (unpaired) electrons. The lowest BCUT2D eigenvalue weighted by molar-refractivity contribution is 0.414. The molecule has 2 heterocycles. The van der Waals surface area contributed by atoms with E-state index in [1.54, 1.807) is 25.3 Å². The number of nitrogens with zero attached hydrogens (tertiary/aromatic N) is 2. The summed E-state index contributed by atoms with van der Waals surface area (Å²) in [6.07, 6.45) is 0.358. The van der Waals surface area contributed by atoms with Crippen LogP contribution in [0, 0.1) is 0 Å². The van der Waals surface area contributed by atoms with Crippen molar-refractivity contribution in [1.82, 2.24) is 15.0 Å². The smallest absolute Gasteiger partial charge is 0.335 e. The third-order valence-corrected chi connectivity index (χ3v) is 4.95. The Morgan fingerprint density at radius 1 is 1.21 bits per heavy atom. The Morgan fingerprint density at radius 3 is 2.66 bits per heavy atom. The topological polar surface area (TPSA) is 109 Å². The van der Waals surface area contributed by atoms with E-state index in [2.05, 4.69) is 15.5 Å². The van der Waals surface area contributed by atoms with Crippen LogP contribution in [0.3, 0.4) is 0 Å². The van der Waals surface area contributed by atoms with Gasteiger partial charge in [0.15, 0.2) is 0 Å². The Hall–Kier alpha value is -3.52. The van der Waals surface area contributed by atoms with Crippen LogP contribution in [0.2, 0.25) is 5.02 Å². The number of rotatable bonds is 4. The number of H-pyrrole nitrogens is 1. The van der Waals surface area contributed by atoms with Gasteiger partial charge in [-0.2, -0.15) is 5.10 Å². The van der Waals surface area contributed by atoms with E-state index in [0.717, 1.165) is 15.9 Å². The number of hydrazone groups is 1. The summed E-state index contributed by atoms with van der Waals surface area (Å²) in [5, 5.41) is 15.4. The number of aromatic hydroxyl groups is 1. The third kappa shape index (κ3) is 3.50. The molecular formula is C20H17ClN4O4. The fourth-order valence-corrected chi connectivity index (χ4v) is 3.45. The Kier molecular flexibility index (Phi) is 4.85. The maximum atomic E-state index is 12.4. The zero-order valence-corrected chi connectivity index (χ0v) is 16.1. The molecule has 29 heavy (non-hydrogen) atoms. The number of hydrogen-bond acceptors (Lipinski definition) is 6. The van der Waals surface area contributed by atoms with Gasteiger partial charge in [-0.3, -0.25) is 9.78 Å². The molecule has 1 atom stereocenters. The van der Waals surface area contributed by atoms with Gasteiger partial charge < -0.3 is 15.3 Å². The highest BCUT2D eigenvalue weighted by Crippen LogP contribution is 2.28. The van der Waals surface area contributed by atoms with Crippen molar-refractivity contribution < 1.29 is 9.84 Å². The van der Waals surface area contributed by atoms with E-state index in [-0.39, 0.29) is 11.6 Å². The van der Waals surface area contributed by atoms with E-state index in [0.29, 0.717) is 22.8 Å². The molecular weight excluding hydrogens is 396 g/mol. The molecule has 9 heteroatoms. The summed E-state index contributed by atoms with van der Waals surface area (Å²) in [4.78, 5) is 27.0. The molecule has 1 aliphatic rings. The minimum Gasteiger partial charge on any atom is -0.497 e. The molecule has 1 unspecified atom stereocenters. The monoisotopic (exact) mass is 412 g/mol. The first-order valence-corrected chi connectivity index (χ1v) is 9.16. The van der Waals surface area contributed by atoms with Crippen LogP contribution in [0.25, 0.3) is 5.69 Å². The summed E-state index contributed by atoms with van der Waals surface area (Å²) in [7, 11) is 1.59. The number of benzene rings is 2. The van der Waals surface area contributed by atoms with Gasteiger partial charge in [-0.05, 0) is 35.9 Å². The second kappa shape index (κ2) is 7.48. The van der Waals surface area contributed by atoms with Crippen LogP contribution in [0.15, 0.2) is 63.2 Å². The van der Waals surface area contributed by atoms with Crippen molar-refractivity contribution in [2.45, 2.75) is 12.5 Å². The first kappa shape index (κ1) is 18.8. The molecule has 0 spiro atoms. The van der Waals surface area contributed by atoms with Crippen LogP contribution < -0.4 is 21.4 Å². The molecule has 0 saturated carbocycles. The van der Waals surface area contributed by atoms with Gasteiger partial charge in [0.25, 0.3) is 5.56 Å². The number of nitrogens with one attached hydrogen (secondary N) is 2. The Balaban J connectivity index is 1.71. The maximum absolute atomic E-state index is 12.4. The maximum Gasteiger partial charge on any atom is 0.335 e. The van der Waals surface area contributed by atoms with Crippen LogP contribution in [0.1, 0.15) is 23.6 Å². The molecule has 0 fully saturated rings. The fourth-order valence-electron chi connectivity index (χ4n) is 3.27. The summed E-state index contributed by atoms with van der Waals surface area (Å²) < 4.78 is 6.15. The van der Waals surface area contributed by atoms with E-state index in [1.165, 1.54) is 6.07 Å². The second-order valence-corrected chi connectivity index (χ2v) is 6.93. The highest BCUT2D eigenvalue weighted by Gasteiger charge is 2.27. The zero-order valence-electron chi connectivity index (χ0n) is 15.3. The van der Waals surface area contributed by atoms with Gasteiger partial charge in [0.05, 0.1) is 24.6 Å². The van der Waals surface area contributed by atoms with Gasteiger partial charge in [0.1, 0.15) is 11.3 Å². The first-order chi connectivity index (χ1) is 14.0. The number of halogens is 1. The molecule has 0 bridgehead atoms. The van der Waals surface area contributed by atoms with Gasteiger partial charge >= 0.3 is 5.69 Å². The van der Waals surface area contributed by atoms with Crippen LogP contribution in [-0.4, -0.2) is 27.5 Å². The molecule has 2 aromatic carbocycles. The Morgan fingerprint density at radius 2 is 1.97 bits per heavy atom. The minimum atomic E-state index is -0.767. The molecule has 1 aromatic heterocycles. The highest BCUT2D eigenvalue weighted by molar-refractivity contribution is 6.30. The van der Waals surface area contributed by atoms with Crippen molar-refractivity contribution in [2.24, 2.45) is 5.10 Å². The van der Waals surface area contributed by atoms with E-state index < -0.39 is 17.1 Å². The van der Waals surface area contributed by atoms with E-state index >= 15 is 0 Å². The number of aromatic nitrogens is 2. The predicted octanol–water partition coefficient (Wildman–Crippen LogP) is 2.33. The van der Waals surface area contributed by atoms with Crippen molar-refractivity contribution >= 4 is 17.3 Å². The average molecular weight is 413 g/mol. The zero-order chi connectivity index (χ0) is 20.5. The second-order valence-electron chi connectivity index (χ2n) is 6.49. The summed E-state index contributed by atoms with van der Waals surface area (Å²) in [5.74, 6) is 0.243. The molecule has 1 aliphatic heterocycles. The summed E-state index contributed by atoms with van der Waals surface area (Å²) >= 11 is 5.99. The van der Waals surface area contributed by atoms with Crippen molar-refractivity contribution in [3.63, 3.8) is 0 Å². The van der Waals surface area contributed by atoms with Gasteiger partial charge in [-0.15, -0.1) is 0 Å². The quantitative estimate of drug-likeness (QED) is 0.609. The minimum absolute atomic E-state index is 0.0620. The number of methoxy groups -OCH3 is 1. The fraction of sp³-hybridized carbons (Fsp3) is 0.150. The average Bonchev–Trinajstić information content (AvgIpc) is 3.17. The van der Waals surface area contributed by atoms with Gasteiger partial charge in [-0.25, -0.2) is 9.36 Å². The van der Waals surface area contributed by atoms with Crippen molar-refractivity contribution in [2.75, 3.05) is 7.11 Å². The largest absolute Gasteiger partial charge is 0.497 e. The molecule has 0 aliphatic carbocycles. The molecule has 3 aromatic rings. The third-order valence-electron chi connectivity index (χ3n) is 4.71. The number of hydrogen-bond donors (Lipinski definition) is 3. The lowest BCUT2D eigenvalue weighted by Crippen LogP contribution is -2.33. The first-order valence-electron chi connectivity index (χ1n) is 8.78. The molecule has 0 saturated heterocycles. The standard InChI is InChI=1S/C20H17ClN4O4/c1-29-14-7-5-11(6-8-14)15-10-16(24-23-15)17-18(26)22-20(28)25(19(17)27)13-4-2-3-12(21)9-13/h2-9,15,23,27H,10H2,1H3,(H,22,26,28). The van der Waals surface area contributed by atoms with Crippen LogP contribution in [0.4, 0.5) is 0 Å². The lowest BCUT2D eigenvalue weighted by Gasteiger charge is -2.12. The van der Waals surface area contributed by atoms with E-state index in [1.807, 2.05) is 24.3 Å². The van der Waals surface area contributed by atoms with Crippen LogP contribution in [-0.2, 0) is 0 Å². The van der Waals surface area contributed by atoms with Gasteiger partial charge in [0, 0.05) is 11.4 Å². The highest BCUT2D eigenvalue weighted by atomic mass is 35.5. The van der Waals surface area contributed by atoms with Gasteiger partial charge in [-0.1, -0.05) is 29.8 Å².